The predicted octanol–water partition coefficient (Wildman–Crippen LogP) is 3.24. The lowest BCUT2D eigenvalue weighted by Gasteiger charge is -2.22. The van der Waals surface area contributed by atoms with Gasteiger partial charge in [0.2, 0.25) is 0 Å². The molecule has 0 amide bonds. The molecule has 1 rings (SSSR count). The third kappa shape index (κ3) is 3.94. The summed E-state index contributed by atoms with van der Waals surface area (Å²) in [7, 11) is 2.14. The molecule has 86 valence electrons. The van der Waals surface area contributed by atoms with E-state index in [-0.39, 0.29) is 0 Å². The van der Waals surface area contributed by atoms with E-state index in [0.29, 0.717) is 11.9 Å². The smallest absolute Gasteiger partial charge is 0.110 e. The van der Waals surface area contributed by atoms with Gasteiger partial charge in [-0.2, -0.15) is 11.8 Å². The molecular weight excluding hydrogens is 248 g/mol. The van der Waals surface area contributed by atoms with E-state index in [2.05, 4.69) is 30.1 Å². The zero-order valence-electron chi connectivity index (χ0n) is 9.36. The van der Waals surface area contributed by atoms with Crippen LogP contribution in [0.15, 0.2) is 5.38 Å². The summed E-state index contributed by atoms with van der Waals surface area (Å²) in [5, 5.41) is 3.20. The van der Waals surface area contributed by atoms with E-state index >= 15 is 0 Å². The number of aromatic nitrogens is 1. The van der Waals surface area contributed by atoms with Crippen molar-refractivity contribution in [1.29, 1.82) is 0 Å². The van der Waals surface area contributed by atoms with Crippen LogP contribution in [0.25, 0.3) is 0 Å². The molecule has 1 aromatic heterocycles. The first-order valence-corrected chi connectivity index (χ1v) is 7.69. The van der Waals surface area contributed by atoms with E-state index in [1.54, 1.807) is 11.3 Å². The molecule has 15 heavy (non-hydrogen) atoms. The fourth-order valence-corrected chi connectivity index (χ4v) is 2.83. The highest BCUT2D eigenvalue weighted by Crippen LogP contribution is 2.23. The number of thiazole rings is 1. The maximum Gasteiger partial charge on any atom is 0.110 e. The maximum atomic E-state index is 5.74. The van der Waals surface area contributed by atoms with Crippen molar-refractivity contribution in [2.24, 2.45) is 0 Å². The van der Waals surface area contributed by atoms with E-state index < -0.39 is 0 Å². The van der Waals surface area contributed by atoms with Crippen molar-refractivity contribution in [1.82, 2.24) is 9.88 Å². The summed E-state index contributed by atoms with van der Waals surface area (Å²) in [5.74, 6) is 1.67. The van der Waals surface area contributed by atoms with E-state index in [1.807, 2.05) is 17.1 Å². The van der Waals surface area contributed by atoms with Crippen LogP contribution in [0.1, 0.15) is 23.7 Å². The van der Waals surface area contributed by atoms with Crippen LogP contribution in [-0.4, -0.2) is 35.5 Å². The van der Waals surface area contributed by atoms with E-state index in [4.69, 9.17) is 11.6 Å². The van der Waals surface area contributed by atoms with Gasteiger partial charge in [0.25, 0.3) is 0 Å². The average Bonchev–Trinajstić information content (AvgIpc) is 2.73. The minimum Gasteiger partial charge on any atom is -0.297 e. The second kappa shape index (κ2) is 6.74. The molecule has 0 radical (unpaired) electrons. The molecule has 5 heteroatoms. The van der Waals surface area contributed by atoms with Gasteiger partial charge in [-0.05, 0) is 20.2 Å². The Bertz CT molecular complexity index is 291. The Kier molecular flexibility index (Phi) is 5.97. The van der Waals surface area contributed by atoms with Gasteiger partial charge in [-0.1, -0.05) is 0 Å². The number of rotatable bonds is 6. The van der Waals surface area contributed by atoms with Crippen molar-refractivity contribution >= 4 is 34.7 Å². The van der Waals surface area contributed by atoms with E-state index in [1.165, 1.54) is 0 Å². The predicted molar refractivity (Wildman–Crippen MR) is 71.1 cm³/mol. The molecule has 0 saturated heterocycles. The van der Waals surface area contributed by atoms with Gasteiger partial charge < -0.3 is 0 Å². The van der Waals surface area contributed by atoms with Crippen LogP contribution in [0.5, 0.6) is 0 Å². The topological polar surface area (TPSA) is 16.1 Å². The zero-order chi connectivity index (χ0) is 11.3. The Morgan fingerprint density at radius 1 is 1.67 bits per heavy atom. The fourth-order valence-electron chi connectivity index (χ4n) is 1.19. The molecule has 0 aliphatic heterocycles. The van der Waals surface area contributed by atoms with Crippen LogP contribution in [-0.2, 0) is 5.88 Å². The van der Waals surface area contributed by atoms with Crippen molar-refractivity contribution in [2.75, 3.05) is 25.6 Å². The SMILES string of the molecule is CSCCN(C)C(C)c1nc(CCl)cs1. The summed E-state index contributed by atoms with van der Waals surface area (Å²) in [6.07, 6.45) is 2.13. The number of alkyl halides is 1. The van der Waals surface area contributed by atoms with Gasteiger partial charge in [-0.3, -0.25) is 4.90 Å². The number of hydrogen-bond acceptors (Lipinski definition) is 4. The zero-order valence-corrected chi connectivity index (χ0v) is 11.8. The van der Waals surface area contributed by atoms with Crippen molar-refractivity contribution < 1.29 is 0 Å². The standard InChI is InChI=1S/C10H17ClN2S2/c1-8(13(2)4-5-14-3)10-12-9(6-11)7-15-10/h7-8H,4-6H2,1-3H3. The van der Waals surface area contributed by atoms with Crippen LogP contribution in [0.3, 0.4) is 0 Å². The first kappa shape index (κ1) is 13.3. The molecule has 2 nitrogen and oxygen atoms in total. The third-order valence-corrected chi connectivity index (χ3v) is 4.30. The fraction of sp³-hybridized carbons (Fsp3) is 0.700. The van der Waals surface area contributed by atoms with Gasteiger partial charge in [-0.25, -0.2) is 4.98 Å². The molecule has 0 spiro atoms. The molecule has 1 unspecified atom stereocenters. The highest BCUT2D eigenvalue weighted by Gasteiger charge is 2.14. The molecule has 1 aromatic rings. The number of halogens is 1. The number of hydrogen-bond donors (Lipinski definition) is 0. The Hall–Kier alpha value is 0.230. The Labute approximate surface area is 105 Å². The van der Waals surface area contributed by atoms with Gasteiger partial charge in [0.1, 0.15) is 5.01 Å². The molecule has 0 aliphatic rings. The van der Waals surface area contributed by atoms with Crippen LogP contribution in [0.4, 0.5) is 0 Å². The molecule has 1 heterocycles. The lowest BCUT2D eigenvalue weighted by atomic mass is 10.3. The molecule has 0 fully saturated rings. The first-order valence-electron chi connectivity index (χ1n) is 4.88. The van der Waals surface area contributed by atoms with E-state index in [9.17, 15) is 0 Å². The molecule has 0 saturated carbocycles. The summed E-state index contributed by atoms with van der Waals surface area (Å²) in [4.78, 5) is 6.82. The van der Waals surface area contributed by atoms with Gasteiger partial charge in [0, 0.05) is 17.7 Å². The third-order valence-electron chi connectivity index (χ3n) is 2.37. The molecule has 0 aliphatic carbocycles. The van der Waals surface area contributed by atoms with Gasteiger partial charge in [0.05, 0.1) is 17.6 Å². The summed E-state index contributed by atoms with van der Waals surface area (Å²) in [6.45, 7) is 3.29. The van der Waals surface area contributed by atoms with Gasteiger partial charge >= 0.3 is 0 Å². The molecule has 1 atom stereocenters. The lowest BCUT2D eigenvalue weighted by Crippen LogP contribution is -2.24. The van der Waals surface area contributed by atoms with Crippen LogP contribution in [0, 0.1) is 0 Å². The Morgan fingerprint density at radius 3 is 2.93 bits per heavy atom. The molecular formula is C10H17ClN2S2. The second-order valence-electron chi connectivity index (χ2n) is 3.46. The minimum absolute atomic E-state index is 0.388. The molecule has 0 bridgehead atoms. The van der Waals surface area contributed by atoms with Crippen LogP contribution in [0.2, 0.25) is 0 Å². The largest absolute Gasteiger partial charge is 0.297 e. The monoisotopic (exact) mass is 264 g/mol. The van der Waals surface area contributed by atoms with Gasteiger partial charge in [0.15, 0.2) is 0 Å². The van der Waals surface area contributed by atoms with Gasteiger partial charge in [-0.15, -0.1) is 22.9 Å². The quantitative estimate of drug-likeness (QED) is 0.734. The second-order valence-corrected chi connectivity index (χ2v) is 5.60. The van der Waals surface area contributed by atoms with E-state index in [0.717, 1.165) is 23.0 Å². The summed E-state index contributed by atoms with van der Waals surface area (Å²) in [6, 6.07) is 0.388. The summed E-state index contributed by atoms with van der Waals surface area (Å²) < 4.78 is 0. The first-order chi connectivity index (χ1) is 7.19. The van der Waals surface area contributed by atoms with Crippen molar-refractivity contribution in [3.8, 4) is 0 Å². The lowest BCUT2D eigenvalue weighted by molar-refractivity contribution is 0.277. The highest BCUT2D eigenvalue weighted by atomic mass is 35.5. The maximum absolute atomic E-state index is 5.74. The minimum atomic E-state index is 0.388. The summed E-state index contributed by atoms with van der Waals surface area (Å²) >= 11 is 9.31. The number of thioether (sulfide) groups is 1. The van der Waals surface area contributed by atoms with Crippen molar-refractivity contribution in [3.05, 3.63) is 16.1 Å². The van der Waals surface area contributed by atoms with Crippen molar-refractivity contribution in [2.45, 2.75) is 18.8 Å². The van der Waals surface area contributed by atoms with Crippen LogP contribution < -0.4 is 0 Å². The number of nitrogens with zero attached hydrogens (tertiary/aromatic N) is 2. The molecule has 0 N–H and O–H groups in total. The van der Waals surface area contributed by atoms with Crippen molar-refractivity contribution in [3.63, 3.8) is 0 Å². The normalized spacial score (nSPS) is 13.4. The van der Waals surface area contributed by atoms with Crippen LogP contribution >= 0.6 is 34.7 Å². The Morgan fingerprint density at radius 2 is 2.40 bits per heavy atom. The Balaban J connectivity index is 2.54. The average molecular weight is 265 g/mol. The highest BCUT2D eigenvalue weighted by molar-refractivity contribution is 7.98. The molecule has 0 aromatic carbocycles. The summed E-state index contributed by atoms with van der Waals surface area (Å²) in [5.41, 5.74) is 0.988.